The summed E-state index contributed by atoms with van der Waals surface area (Å²) in [5.41, 5.74) is 1.11. The number of sulfonamides is 1. The molecular weight excluding hydrogens is 466 g/mol. The highest BCUT2D eigenvalue weighted by molar-refractivity contribution is 7.89. The van der Waals surface area contributed by atoms with E-state index in [9.17, 15) is 13.2 Å². The van der Waals surface area contributed by atoms with Crippen LogP contribution in [0.3, 0.4) is 0 Å². The first-order valence-corrected chi connectivity index (χ1v) is 12.6. The van der Waals surface area contributed by atoms with Crippen LogP contribution in [0.1, 0.15) is 10.5 Å². The molecule has 1 fully saturated rings. The third-order valence-corrected chi connectivity index (χ3v) is 7.50. The summed E-state index contributed by atoms with van der Waals surface area (Å²) in [4.78, 5) is 17.6. The number of pyridine rings is 1. The summed E-state index contributed by atoms with van der Waals surface area (Å²) in [7, 11) is -3.77. The molecule has 1 aliphatic heterocycles. The van der Waals surface area contributed by atoms with Crippen molar-refractivity contribution in [1.82, 2.24) is 9.29 Å². The van der Waals surface area contributed by atoms with Crippen LogP contribution < -0.4 is 10.1 Å². The Morgan fingerprint density at radius 1 is 0.914 bits per heavy atom. The van der Waals surface area contributed by atoms with Gasteiger partial charge in [-0.3, -0.25) is 4.79 Å². The highest BCUT2D eigenvalue weighted by Crippen LogP contribution is 2.33. The van der Waals surface area contributed by atoms with Crippen molar-refractivity contribution >= 4 is 32.5 Å². The fourth-order valence-corrected chi connectivity index (χ4v) is 5.22. The fourth-order valence-electron chi connectivity index (χ4n) is 3.79. The van der Waals surface area contributed by atoms with Gasteiger partial charge in [-0.2, -0.15) is 4.31 Å². The molecule has 9 heteroatoms. The van der Waals surface area contributed by atoms with Crippen LogP contribution in [0, 0.1) is 0 Å². The molecule has 8 nitrogen and oxygen atoms in total. The van der Waals surface area contributed by atoms with E-state index in [0.717, 1.165) is 5.39 Å². The highest BCUT2D eigenvalue weighted by Gasteiger charge is 2.27. The monoisotopic (exact) mass is 489 g/mol. The fraction of sp³-hybridized carbons (Fsp3) is 0.154. The Bertz CT molecular complexity index is 1470. The number of nitrogens with zero attached hydrogens (tertiary/aromatic N) is 2. The van der Waals surface area contributed by atoms with Gasteiger partial charge in [-0.05, 0) is 42.5 Å². The van der Waals surface area contributed by atoms with Crippen LogP contribution in [0.4, 0.5) is 5.69 Å². The number of anilines is 1. The number of fused-ring (bicyclic) bond motifs is 1. The molecule has 35 heavy (non-hydrogen) atoms. The van der Waals surface area contributed by atoms with Crippen molar-refractivity contribution in [1.29, 1.82) is 0 Å². The largest absolute Gasteiger partial charge is 0.455 e. The van der Waals surface area contributed by atoms with Crippen LogP contribution in [-0.2, 0) is 14.8 Å². The number of hydrogen-bond donors (Lipinski definition) is 1. The molecule has 1 aliphatic rings. The van der Waals surface area contributed by atoms with E-state index in [1.165, 1.54) is 16.4 Å². The van der Waals surface area contributed by atoms with E-state index < -0.39 is 15.9 Å². The molecule has 178 valence electrons. The van der Waals surface area contributed by atoms with E-state index in [4.69, 9.17) is 9.47 Å². The maximum Gasteiger partial charge on any atom is 0.274 e. The Balaban J connectivity index is 1.50. The normalized spacial score (nSPS) is 14.5. The lowest BCUT2D eigenvalue weighted by molar-refractivity contribution is 0.0730. The van der Waals surface area contributed by atoms with Gasteiger partial charge >= 0.3 is 0 Å². The number of morpholine rings is 1. The van der Waals surface area contributed by atoms with Gasteiger partial charge in [0.1, 0.15) is 11.4 Å². The molecule has 2 heterocycles. The van der Waals surface area contributed by atoms with Gasteiger partial charge in [0.05, 0.1) is 29.3 Å². The quantitative estimate of drug-likeness (QED) is 0.434. The number of carbonyl (C=O) groups excluding carboxylic acids is 1. The van der Waals surface area contributed by atoms with Crippen LogP contribution in [-0.4, -0.2) is 49.9 Å². The SMILES string of the molecule is O=C(Nc1cc(S(=O)(=O)N2CCOCC2)ccc1Oc1ccccc1)c1ccc2ccccc2n1. The summed E-state index contributed by atoms with van der Waals surface area (Å²) in [6.07, 6.45) is 0. The van der Waals surface area contributed by atoms with E-state index in [-0.39, 0.29) is 29.4 Å². The van der Waals surface area contributed by atoms with Crippen molar-refractivity contribution in [3.05, 3.63) is 90.6 Å². The first kappa shape index (κ1) is 23.0. The van der Waals surface area contributed by atoms with Crippen molar-refractivity contribution < 1.29 is 22.7 Å². The average molecular weight is 490 g/mol. The summed E-state index contributed by atoms with van der Waals surface area (Å²) in [6.45, 7) is 1.22. The maximum atomic E-state index is 13.2. The number of nitrogens with one attached hydrogen (secondary N) is 1. The van der Waals surface area contributed by atoms with Crippen molar-refractivity contribution in [3.63, 3.8) is 0 Å². The van der Waals surface area contributed by atoms with Crippen molar-refractivity contribution in [2.45, 2.75) is 4.90 Å². The van der Waals surface area contributed by atoms with Gasteiger partial charge in [0.2, 0.25) is 10.0 Å². The van der Waals surface area contributed by atoms with Crippen LogP contribution in [0.2, 0.25) is 0 Å². The van der Waals surface area contributed by atoms with Gasteiger partial charge in [0.15, 0.2) is 5.75 Å². The molecule has 5 rings (SSSR count). The second-order valence-corrected chi connectivity index (χ2v) is 9.87. The zero-order valence-electron chi connectivity index (χ0n) is 18.8. The number of benzene rings is 3. The minimum atomic E-state index is -3.77. The van der Waals surface area contributed by atoms with Crippen molar-refractivity contribution in [3.8, 4) is 11.5 Å². The van der Waals surface area contributed by atoms with E-state index in [1.807, 2.05) is 48.5 Å². The van der Waals surface area contributed by atoms with Crippen LogP contribution in [0.25, 0.3) is 10.9 Å². The number of ether oxygens (including phenoxy) is 2. The Hall–Kier alpha value is -3.79. The van der Waals surface area contributed by atoms with Crippen LogP contribution in [0.5, 0.6) is 11.5 Å². The number of hydrogen-bond acceptors (Lipinski definition) is 6. The van der Waals surface area contributed by atoms with Gasteiger partial charge < -0.3 is 14.8 Å². The number of rotatable bonds is 6. The standard InChI is InChI=1S/C26H23N3O5S/c30-26(23-12-10-19-6-4-5-9-22(19)27-23)28-24-18-21(35(31,32)29-14-16-33-17-15-29)11-13-25(24)34-20-7-2-1-3-8-20/h1-13,18H,14-17H2,(H,28,30). The van der Waals surface area contributed by atoms with Gasteiger partial charge in [0.25, 0.3) is 5.91 Å². The molecule has 1 amide bonds. The van der Waals surface area contributed by atoms with E-state index >= 15 is 0 Å². The molecule has 1 saturated heterocycles. The van der Waals surface area contributed by atoms with Crippen LogP contribution in [0.15, 0.2) is 89.8 Å². The Labute approximate surface area is 203 Å². The first-order chi connectivity index (χ1) is 17.0. The molecule has 0 radical (unpaired) electrons. The molecule has 0 spiro atoms. The highest BCUT2D eigenvalue weighted by atomic mass is 32.2. The molecule has 1 aromatic heterocycles. The summed E-state index contributed by atoms with van der Waals surface area (Å²) in [5, 5.41) is 3.71. The third-order valence-electron chi connectivity index (χ3n) is 5.61. The van der Waals surface area contributed by atoms with E-state index in [0.29, 0.717) is 30.2 Å². The lowest BCUT2D eigenvalue weighted by atomic mass is 10.2. The summed E-state index contributed by atoms with van der Waals surface area (Å²) in [6, 6.07) is 24.4. The lowest BCUT2D eigenvalue weighted by Crippen LogP contribution is -2.40. The molecule has 0 unspecified atom stereocenters. The van der Waals surface area contributed by atoms with E-state index in [1.54, 1.807) is 24.3 Å². The van der Waals surface area contributed by atoms with Crippen molar-refractivity contribution in [2.24, 2.45) is 0 Å². The zero-order chi connectivity index (χ0) is 24.3. The minimum Gasteiger partial charge on any atom is -0.455 e. The zero-order valence-corrected chi connectivity index (χ0v) is 19.6. The number of carbonyl (C=O) groups is 1. The van der Waals surface area contributed by atoms with Gasteiger partial charge in [-0.15, -0.1) is 0 Å². The number of para-hydroxylation sites is 2. The Kier molecular flexibility index (Phi) is 6.45. The molecule has 1 N–H and O–H groups in total. The topological polar surface area (TPSA) is 97.8 Å². The van der Waals surface area contributed by atoms with E-state index in [2.05, 4.69) is 10.3 Å². The molecule has 0 atom stereocenters. The third kappa shape index (κ3) is 5.02. The molecule has 0 saturated carbocycles. The number of aromatic nitrogens is 1. The lowest BCUT2D eigenvalue weighted by Gasteiger charge is -2.26. The Morgan fingerprint density at radius 2 is 1.66 bits per heavy atom. The summed E-state index contributed by atoms with van der Waals surface area (Å²) >= 11 is 0. The molecular formula is C26H23N3O5S. The predicted octanol–water partition coefficient (Wildman–Crippen LogP) is 4.30. The minimum absolute atomic E-state index is 0.0570. The first-order valence-electron chi connectivity index (χ1n) is 11.1. The maximum absolute atomic E-state index is 13.2. The second-order valence-electron chi connectivity index (χ2n) is 7.93. The molecule has 0 aliphatic carbocycles. The van der Waals surface area contributed by atoms with Gasteiger partial charge in [-0.1, -0.05) is 42.5 Å². The smallest absolute Gasteiger partial charge is 0.274 e. The average Bonchev–Trinajstić information content (AvgIpc) is 2.90. The van der Waals surface area contributed by atoms with Crippen molar-refractivity contribution in [2.75, 3.05) is 31.6 Å². The summed E-state index contributed by atoms with van der Waals surface area (Å²) in [5.74, 6) is 0.386. The predicted molar refractivity (Wildman–Crippen MR) is 132 cm³/mol. The molecule has 0 bridgehead atoms. The number of amides is 1. The van der Waals surface area contributed by atoms with Gasteiger partial charge in [-0.25, -0.2) is 13.4 Å². The van der Waals surface area contributed by atoms with Crippen LogP contribution >= 0.6 is 0 Å². The van der Waals surface area contributed by atoms with Gasteiger partial charge in [0, 0.05) is 18.5 Å². The second kappa shape index (κ2) is 9.83. The molecule has 4 aromatic rings. The molecule has 3 aromatic carbocycles. The Morgan fingerprint density at radius 3 is 2.46 bits per heavy atom. The summed E-state index contributed by atoms with van der Waals surface area (Å²) < 4.78 is 39.1.